The summed E-state index contributed by atoms with van der Waals surface area (Å²) in [6.45, 7) is 10.2. The molecule has 0 heterocycles. The first-order valence-electron chi connectivity index (χ1n) is 10.0. The van der Waals surface area contributed by atoms with E-state index >= 15 is 0 Å². The summed E-state index contributed by atoms with van der Waals surface area (Å²) in [7, 11) is 0. The van der Waals surface area contributed by atoms with Gasteiger partial charge >= 0.3 is 0 Å². The van der Waals surface area contributed by atoms with Gasteiger partial charge in [0, 0.05) is 17.1 Å². The number of nitrogens with one attached hydrogen (secondary N) is 1. The minimum absolute atomic E-state index is 0.0913. The number of rotatable bonds is 7. The van der Waals surface area contributed by atoms with Crippen molar-refractivity contribution in [1.82, 2.24) is 10.2 Å². The van der Waals surface area contributed by atoms with Gasteiger partial charge in [0.15, 0.2) is 0 Å². The average molecular weight is 415 g/mol. The van der Waals surface area contributed by atoms with E-state index < -0.39 is 6.04 Å². The zero-order valence-corrected chi connectivity index (χ0v) is 18.7. The van der Waals surface area contributed by atoms with Crippen LogP contribution in [0.4, 0.5) is 0 Å². The molecule has 1 atom stereocenters. The monoisotopic (exact) mass is 414 g/mol. The zero-order chi connectivity index (χ0) is 21.6. The fraction of sp³-hybridized carbons (Fsp3) is 0.417. The number of benzene rings is 2. The number of carbonyl (C=O) groups is 2. The second-order valence-corrected chi connectivity index (χ2v) is 8.85. The minimum atomic E-state index is -0.541. The summed E-state index contributed by atoms with van der Waals surface area (Å²) < 4.78 is 0. The van der Waals surface area contributed by atoms with Crippen LogP contribution >= 0.6 is 11.6 Å². The van der Waals surface area contributed by atoms with Crippen LogP contribution in [-0.4, -0.2) is 28.3 Å². The summed E-state index contributed by atoms with van der Waals surface area (Å²) in [5.74, 6) is -0.223. The molecule has 1 unspecified atom stereocenters. The predicted molar refractivity (Wildman–Crippen MR) is 119 cm³/mol. The molecular formula is C24H31ClN2O2. The van der Waals surface area contributed by atoms with Gasteiger partial charge in [-0.1, -0.05) is 54.9 Å². The maximum atomic E-state index is 13.3. The third kappa shape index (κ3) is 6.90. The average Bonchev–Trinajstić information content (AvgIpc) is 2.61. The van der Waals surface area contributed by atoms with E-state index in [1.807, 2.05) is 71.0 Å². The lowest BCUT2D eigenvalue weighted by Gasteiger charge is -2.33. The van der Waals surface area contributed by atoms with E-state index in [4.69, 9.17) is 11.6 Å². The van der Waals surface area contributed by atoms with Crippen molar-refractivity contribution in [2.24, 2.45) is 0 Å². The highest BCUT2D eigenvalue weighted by Crippen LogP contribution is 2.19. The first-order valence-corrected chi connectivity index (χ1v) is 10.4. The number of carbonyl (C=O) groups excluding carboxylic acids is 2. The molecule has 4 nitrogen and oxygen atoms in total. The Morgan fingerprint density at radius 2 is 1.79 bits per heavy atom. The number of aryl methyl sites for hydroxylation is 1. The zero-order valence-electron chi connectivity index (χ0n) is 18.0. The van der Waals surface area contributed by atoms with Crippen LogP contribution in [0.15, 0.2) is 48.5 Å². The molecular weight excluding hydrogens is 384 g/mol. The Labute approximate surface area is 179 Å². The molecule has 0 aliphatic heterocycles. The van der Waals surface area contributed by atoms with Gasteiger partial charge in [0.05, 0.1) is 6.42 Å². The van der Waals surface area contributed by atoms with Crippen molar-refractivity contribution in [3.8, 4) is 0 Å². The number of nitrogens with zero attached hydrogens (tertiary/aromatic N) is 1. The van der Waals surface area contributed by atoms with Gasteiger partial charge < -0.3 is 10.2 Å². The number of hydrogen-bond acceptors (Lipinski definition) is 2. The van der Waals surface area contributed by atoms with Crippen molar-refractivity contribution >= 4 is 23.4 Å². The Morgan fingerprint density at radius 3 is 2.38 bits per heavy atom. The summed E-state index contributed by atoms with van der Waals surface area (Å²) in [5, 5.41) is 3.62. The number of hydrogen-bond donors (Lipinski definition) is 1. The van der Waals surface area contributed by atoms with Crippen molar-refractivity contribution in [3.05, 3.63) is 70.2 Å². The topological polar surface area (TPSA) is 49.4 Å². The van der Waals surface area contributed by atoms with E-state index in [1.165, 1.54) is 0 Å². The molecule has 5 heteroatoms. The Kier molecular flexibility index (Phi) is 7.86. The summed E-state index contributed by atoms with van der Waals surface area (Å²) in [4.78, 5) is 28.0. The van der Waals surface area contributed by atoms with Crippen LogP contribution in [0.5, 0.6) is 0 Å². The third-order valence-corrected chi connectivity index (χ3v) is 4.97. The molecule has 0 spiro atoms. The molecule has 0 bridgehead atoms. The van der Waals surface area contributed by atoms with Crippen LogP contribution in [0.2, 0.25) is 5.02 Å². The van der Waals surface area contributed by atoms with Crippen molar-refractivity contribution in [2.75, 3.05) is 0 Å². The van der Waals surface area contributed by atoms with Gasteiger partial charge in [-0.15, -0.1) is 0 Å². The molecule has 0 fully saturated rings. The maximum Gasteiger partial charge on any atom is 0.243 e. The van der Waals surface area contributed by atoms with Crippen LogP contribution in [0.25, 0.3) is 0 Å². The van der Waals surface area contributed by atoms with Crippen molar-refractivity contribution in [3.63, 3.8) is 0 Å². The van der Waals surface area contributed by atoms with E-state index in [1.54, 1.807) is 17.0 Å². The Morgan fingerprint density at radius 1 is 1.10 bits per heavy atom. The van der Waals surface area contributed by atoms with Crippen LogP contribution in [-0.2, 0) is 22.6 Å². The predicted octanol–water partition coefficient (Wildman–Crippen LogP) is 4.91. The number of amides is 2. The van der Waals surface area contributed by atoms with E-state index in [9.17, 15) is 9.59 Å². The van der Waals surface area contributed by atoms with Crippen molar-refractivity contribution < 1.29 is 9.59 Å². The third-order valence-electron chi connectivity index (χ3n) is 4.73. The fourth-order valence-corrected chi connectivity index (χ4v) is 3.48. The quantitative estimate of drug-likeness (QED) is 0.699. The largest absolute Gasteiger partial charge is 0.350 e. The van der Waals surface area contributed by atoms with E-state index in [-0.39, 0.29) is 23.8 Å². The lowest BCUT2D eigenvalue weighted by Crippen LogP contribution is -2.53. The second kappa shape index (κ2) is 9.93. The Bertz CT molecular complexity index is 858. The molecule has 0 aliphatic carbocycles. The molecule has 0 saturated carbocycles. The standard InChI is InChI=1S/C24H31ClN2O2/c1-6-21(23(29)26-24(3,4)5)27(16-19-12-8-7-10-17(19)2)22(28)15-18-11-9-13-20(25)14-18/h7-14,21H,6,15-16H2,1-5H3,(H,26,29). The molecule has 29 heavy (non-hydrogen) atoms. The normalized spacial score (nSPS) is 12.3. The number of halogens is 1. The van der Waals surface area contributed by atoms with Gasteiger partial charge in [-0.2, -0.15) is 0 Å². The maximum absolute atomic E-state index is 13.3. The van der Waals surface area contributed by atoms with Gasteiger partial charge in [0.25, 0.3) is 0 Å². The first-order chi connectivity index (χ1) is 13.6. The molecule has 2 amide bonds. The fourth-order valence-electron chi connectivity index (χ4n) is 3.27. The first kappa shape index (κ1) is 23.0. The van der Waals surface area contributed by atoms with Crippen LogP contribution in [0, 0.1) is 6.92 Å². The molecule has 0 saturated heterocycles. The summed E-state index contributed by atoms with van der Waals surface area (Å²) in [5.41, 5.74) is 2.60. The van der Waals surface area contributed by atoms with Crippen LogP contribution in [0.1, 0.15) is 50.8 Å². The van der Waals surface area contributed by atoms with Gasteiger partial charge in [0.1, 0.15) is 6.04 Å². The Hall–Kier alpha value is -2.33. The molecule has 0 aromatic heterocycles. The van der Waals surface area contributed by atoms with E-state index in [0.29, 0.717) is 18.0 Å². The van der Waals surface area contributed by atoms with Gasteiger partial charge in [-0.3, -0.25) is 9.59 Å². The summed E-state index contributed by atoms with van der Waals surface area (Å²) >= 11 is 6.08. The highest BCUT2D eigenvalue weighted by Gasteiger charge is 2.30. The van der Waals surface area contributed by atoms with E-state index in [0.717, 1.165) is 16.7 Å². The second-order valence-electron chi connectivity index (χ2n) is 8.42. The van der Waals surface area contributed by atoms with Gasteiger partial charge in [-0.25, -0.2) is 0 Å². The molecule has 0 aliphatic rings. The van der Waals surface area contributed by atoms with Crippen LogP contribution < -0.4 is 5.32 Å². The summed E-state index contributed by atoms with van der Waals surface area (Å²) in [6.07, 6.45) is 0.737. The van der Waals surface area contributed by atoms with Gasteiger partial charge in [0.2, 0.25) is 11.8 Å². The molecule has 156 valence electrons. The SMILES string of the molecule is CCC(C(=O)NC(C)(C)C)N(Cc1ccccc1C)C(=O)Cc1cccc(Cl)c1. The van der Waals surface area contributed by atoms with Crippen molar-refractivity contribution in [2.45, 2.75) is 65.6 Å². The molecule has 1 N–H and O–H groups in total. The molecule has 2 rings (SSSR count). The highest BCUT2D eigenvalue weighted by molar-refractivity contribution is 6.30. The summed E-state index contributed by atoms with van der Waals surface area (Å²) in [6, 6.07) is 14.7. The molecule has 0 radical (unpaired) electrons. The highest BCUT2D eigenvalue weighted by atomic mass is 35.5. The minimum Gasteiger partial charge on any atom is -0.350 e. The lowest BCUT2D eigenvalue weighted by molar-refractivity contribution is -0.141. The van der Waals surface area contributed by atoms with Gasteiger partial charge in [-0.05, 0) is 62.9 Å². The Balaban J connectivity index is 2.34. The van der Waals surface area contributed by atoms with Crippen LogP contribution in [0.3, 0.4) is 0 Å². The molecule has 2 aromatic rings. The van der Waals surface area contributed by atoms with Crippen molar-refractivity contribution in [1.29, 1.82) is 0 Å². The molecule has 2 aromatic carbocycles. The van der Waals surface area contributed by atoms with E-state index in [2.05, 4.69) is 5.32 Å². The lowest BCUT2D eigenvalue weighted by atomic mass is 10.0. The smallest absolute Gasteiger partial charge is 0.243 e.